The molecule has 3 amide bonds. The highest BCUT2D eigenvalue weighted by Crippen LogP contribution is 2.31. The van der Waals surface area contributed by atoms with Crippen molar-refractivity contribution in [1.82, 2.24) is 0 Å². The van der Waals surface area contributed by atoms with Gasteiger partial charge in [0, 0.05) is 11.3 Å². The lowest BCUT2D eigenvalue weighted by Crippen LogP contribution is -2.32. The number of nitrogens with zero attached hydrogens (tertiary/aromatic N) is 1. The first kappa shape index (κ1) is 22.4. The van der Waals surface area contributed by atoms with Crippen molar-refractivity contribution in [3.63, 3.8) is 0 Å². The van der Waals surface area contributed by atoms with Crippen molar-refractivity contribution in [1.29, 1.82) is 0 Å². The molecule has 0 bridgehead atoms. The van der Waals surface area contributed by atoms with Gasteiger partial charge in [0.2, 0.25) is 0 Å². The molecule has 166 valence electrons. The van der Waals surface area contributed by atoms with E-state index in [2.05, 4.69) is 10.6 Å². The predicted molar refractivity (Wildman–Crippen MR) is 128 cm³/mol. The van der Waals surface area contributed by atoms with Crippen LogP contribution in [-0.2, 0) is 9.59 Å². The predicted octanol–water partition coefficient (Wildman–Crippen LogP) is 5.04. The molecule has 0 spiro atoms. The molecule has 4 rings (SSSR count). The van der Waals surface area contributed by atoms with Gasteiger partial charge in [-0.15, -0.1) is 0 Å². The molecule has 0 saturated carbocycles. The topological polar surface area (TPSA) is 87.7 Å². The molecule has 3 aromatic rings. The van der Waals surface area contributed by atoms with Crippen molar-refractivity contribution in [3.8, 4) is 5.75 Å². The van der Waals surface area contributed by atoms with Crippen LogP contribution in [0.3, 0.4) is 0 Å². The molecule has 2 N–H and O–H groups in total. The monoisotopic (exact) mass is 481 g/mol. The number of nitrogens with one attached hydrogen (secondary N) is 2. The molecule has 0 aromatic heterocycles. The number of anilines is 3. The van der Waals surface area contributed by atoms with Crippen LogP contribution >= 0.6 is 23.2 Å². The van der Waals surface area contributed by atoms with Crippen LogP contribution < -0.4 is 20.3 Å². The zero-order valence-corrected chi connectivity index (χ0v) is 18.8. The maximum Gasteiger partial charge on any atom is 0.283 e. The Morgan fingerprint density at radius 1 is 0.909 bits per heavy atom. The van der Waals surface area contributed by atoms with Crippen LogP contribution in [0.5, 0.6) is 5.75 Å². The number of carbonyl (C=O) groups excluding carboxylic acids is 3. The van der Waals surface area contributed by atoms with Gasteiger partial charge < -0.3 is 15.4 Å². The van der Waals surface area contributed by atoms with Gasteiger partial charge in [0.1, 0.15) is 16.5 Å². The van der Waals surface area contributed by atoms with Crippen LogP contribution in [0.1, 0.15) is 10.4 Å². The average molecular weight is 482 g/mol. The third-order valence-electron chi connectivity index (χ3n) is 4.87. The standard InChI is InChI=1S/C24H17Cl2N3O4/c1-33-17-11-9-16(10-12-17)29-23(31)20(26)21(24(29)32)27-15-6-4-5-14(13-15)22(30)28-19-8-3-2-7-18(19)25/h2-13,27H,1H3,(H,28,30). The quantitative estimate of drug-likeness (QED) is 0.481. The number of para-hydroxylation sites is 1. The van der Waals surface area contributed by atoms with Gasteiger partial charge >= 0.3 is 0 Å². The van der Waals surface area contributed by atoms with Crippen molar-refractivity contribution in [2.45, 2.75) is 0 Å². The molecule has 9 heteroatoms. The van der Waals surface area contributed by atoms with E-state index in [0.29, 0.717) is 33.4 Å². The van der Waals surface area contributed by atoms with Crippen LogP contribution in [0.2, 0.25) is 5.02 Å². The van der Waals surface area contributed by atoms with Gasteiger partial charge in [-0.1, -0.05) is 41.4 Å². The number of rotatable bonds is 6. The summed E-state index contributed by atoms with van der Waals surface area (Å²) in [6, 6.07) is 19.7. The molecule has 3 aromatic carbocycles. The molecule has 1 heterocycles. The van der Waals surface area contributed by atoms with Crippen molar-refractivity contribution in [2.75, 3.05) is 22.6 Å². The second-order valence-electron chi connectivity index (χ2n) is 6.97. The van der Waals surface area contributed by atoms with Crippen molar-refractivity contribution in [3.05, 3.63) is 94.1 Å². The first-order valence-corrected chi connectivity index (χ1v) is 10.5. The molecule has 0 fully saturated rings. The number of halogens is 2. The Bertz CT molecular complexity index is 1290. The number of amides is 3. The number of ether oxygens (including phenoxy) is 1. The first-order chi connectivity index (χ1) is 15.9. The lowest BCUT2D eigenvalue weighted by Gasteiger charge is -2.15. The van der Waals surface area contributed by atoms with Crippen LogP contribution in [-0.4, -0.2) is 24.8 Å². The van der Waals surface area contributed by atoms with E-state index in [1.165, 1.54) is 13.2 Å². The highest BCUT2D eigenvalue weighted by molar-refractivity contribution is 6.53. The van der Waals surface area contributed by atoms with E-state index in [0.717, 1.165) is 4.90 Å². The summed E-state index contributed by atoms with van der Waals surface area (Å²) in [5.74, 6) is -1.06. The molecular formula is C24H17Cl2N3O4. The normalized spacial score (nSPS) is 13.4. The molecule has 0 atom stereocenters. The van der Waals surface area contributed by atoms with Crippen LogP contribution in [0.15, 0.2) is 83.5 Å². The highest BCUT2D eigenvalue weighted by Gasteiger charge is 2.39. The fourth-order valence-electron chi connectivity index (χ4n) is 3.22. The summed E-state index contributed by atoms with van der Waals surface area (Å²) in [6.45, 7) is 0. The number of hydrogen-bond acceptors (Lipinski definition) is 5. The Morgan fingerprint density at radius 2 is 1.64 bits per heavy atom. The third-order valence-corrected chi connectivity index (χ3v) is 5.55. The number of methoxy groups -OCH3 is 1. The van der Waals surface area contributed by atoms with Crippen LogP contribution in [0.4, 0.5) is 17.1 Å². The zero-order chi connectivity index (χ0) is 23.5. The molecule has 0 radical (unpaired) electrons. The molecule has 7 nitrogen and oxygen atoms in total. The van der Waals surface area contributed by atoms with Crippen molar-refractivity contribution < 1.29 is 19.1 Å². The Morgan fingerprint density at radius 3 is 2.33 bits per heavy atom. The van der Waals surface area contributed by atoms with E-state index in [-0.39, 0.29) is 16.6 Å². The van der Waals surface area contributed by atoms with Gasteiger partial charge in [-0.3, -0.25) is 14.4 Å². The van der Waals surface area contributed by atoms with Gasteiger partial charge in [0.15, 0.2) is 0 Å². The zero-order valence-electron chi connectivity index (χ0n) is 17.3. The summed E-state index contributed by atoms with van der Waals surface area (Å²) in [4.78, 5) is 39.2. The van der Waals surface area contributed by atoms with E-state index >= 15 is 0 Å². The summed E-state index contributed by atoms with van der Waals surface area (Å²) in [5.41, 5.74) is 1.47. The molecule has 0 unspecified atom stereocenters. The van der Waals surface area contributed by atoms with E-state index < -0.39 is 11.8 Å². The summed E-state index contributed by atoms with van der Waals surface area (Å²) in [5, 5.41) is 5.76. The van der Waals surface area contributed by atoms with Crippen LogP contribution in [0.25, 0.3) is 0 Å². The number of carbonyl (C=O) groups is 3. The maximum atomic E-state index is 13.0. The largest absolute Gasteiger partial charge is 0.497 e. The molecule has 0 saturated heterocycles. The lowest BCUT2D eigenvalue weighted by molar-refractivity contribution is -0.120. The minimum absolute atomic E-state index is 0.0823. The van der Waals surface area contributed by atoms with E-state index in [1.54, 1.807) is 66.7 Å². The second-order valence-corrected chi connectivity index (χ2v) is 7.76. The Kier molecular flexibility index (Phi) is 6.35. The number of benzene rings is 3. The van der Waals surface area contributed by atoms with E-state index in [4.69, 9.17) is 27.9 Å². The Hall–Kier alpha value is -3.81. The molecular weight excluding hydrogens is 465 g/mol. The summed E-state index contributed by atoms with van der Waals surface area (Å²) in [7, 11) is 1.52. The lowest BCUT2D eigenvalue weighted by atomic mass is 10.1. The molecule has 0 aliphatic carbocycles. The highest BCUT2D eigenvalue weighted by atomic mass is 35.5. The molecule has 33 heavy (non-hydrogen) atoms. The minimum Gasteiger partial charge on any atom is -0.497 e. The first-order valence-electron chi connectivity index (χ1n) is 9.74. The summed E-state index contributed by atoms with van der Waals surface area (Å²) in [6.07, 6.45) is 0. The van der Waals surface area contributed by atoms with Gasteiger partial charge in [-0.2, -0.15) is 0 Å². The Labute approximate surface area is 199 Å². The molecule has 1 aliphatic rings. The number of hydrogen-bond donors (Lipinski definition) is 2. The minimum atomic E-state index is -0.651. The van der Waals surface area contributed by atoms with Crippen molar-refractivity contribution >= 4 is 58.0 Å². The summed E-state index contributed by atoms with van der Waals surface area (Å²) < 4.78 is 5.10. The SMILES string of the molecule is COc1ccc(N2C(=O)C(Cl)=C(Nc3cccc(C(=O)Nc4ccccc4Cl)c3)C2=O)cc1. The van der Waals surface area contributed by atoms with E-state index in [1.807, 2.05) is 0 Å². The fourth-order valence-corrected chi connectivity index (χ4v) is 3.61. The van der Waals surface area contributed by atoms with Gasteiger partial charge in [-0.05, 0) is 54.6 Å². The number of imide groups is 1. The fraction of sp³-hybridized carbons (Fsp3) is 0.0417. The van der Waals surface area contributed by atoms with Gasteiger partial charge in [0.25, 0.3) is 17.7 Å². The summed E-state index contributed by atoms with van der Waals surface area (Å²) >= 11 is 12.3. The third kappa shape index (κ3) is 4.55. The maximum absolute atomic E-state index is 13.0. The Balaban J connectivity index is 1.54. The van der Waals surface area contributed by atoms with Crippen molar-refractivity contribution in [2.24, 2.45) is 0 Å². The second kappa shape index (κ2) is 9.36. The van der Waals surface area contributed by atoms with Crippen LogP contribution in [0, 0.1) is 0 Å². The molecule has 1 aliphatic heterocycles. The smallest absolute Gasteiger partial charge is 0.283 e. The average Bonchev–Trinajstić information content (AvgIpc) is 3.04. The van der Waals surface area contributed by atoms with E-state index in [9.17, 15) is 14.4 Å². The van der Waals surface area contributed by atoms with Gasteiger partial charge in [-0.25, -0.2) is 4.90 Å². The van der Waals surface area contributed by atoms with Gasteiger partial charge in [0.05, 0.1) is 23.5 Å².